The van der Waals surface area contributed by atoms with Gasteiger partial charge in [0.05, 0.1) is 42.1 Å². The van der Waals surface area contributed by atoms with Crippen molar-refractivity contribution < 1.29 is 19.1 Å². The summed E-state index contributed by atoms with van der Waals surface area (Å²) in [7, 11) is 3.10. The second kappa shape index (κ2) is 9.63. The maximum Gasteiger partial charge on any atom is 0.283 e. The quantitative estimate of drug-likeness (QED) is 0.259. The van der Waals surface area contributed by atoms with Gasteiger partial charge in [0, 0.05) is 9.86 Å². The maximum atomic E-state index is 13.5. The molecule has 9 nitrogen and oxygen atoms in total. The molecule has 1 aliphatic rings. The van der Waals surface area contributed by atoms with Crippen LogP contribution in [0.1, 0.15) is 12.5 Å². The third-order valence-corrected chi connectivity index (χ3v) is 7.12. The van der Waals surface area contributed by atoms with Crippen LogP contribution in [0.4, 0.5) is 0 Å². The fourth-order valence-corrected chi connectivity index (χ4v) is 5.09. The lowest BCUT2D eigenvalue weighted by Crippen LogP contribution is -2.32. The molecule has 0 saturated heterocycles. The van der Waals surface area contributed by atoms with Crippen LogP contribution >= 0.6 is 15.9 Å². The minimum absolute atomic E-state index is 0.138. The van der Waals surface area contributed by atoms with Gasteiger partial charge in [-0.2, -0.15) is 10.1 Å². The summed E-state index contributed by atoms with van der Waals surface area (Å²) >= 11 is 3.53. The Balaban J connectivity index is 1.37. The van der Waals surface area contributed by atoms with Crippen LogP contribution in [0.15, 0.2) is 75.8 Å². The maximum absolute atomic E-state index is 13.5. The van der Waals surface area contributed by atoms with E-state index in [1.54, 1.807) is 50.0 Å². The molecule has 0 N–H and O–H groups in total. The monoisotopic (exact) mass is 583 g/mol. The number of hydrazone groups is 1. The van der Waals surface area contributed by atoms with Gasteiger partial charge in [-0.15, -0.1) is 0 Å². The lowest BCUT2D eigenvalue weighted by molar-refractivity contribution is -0.141. The van der Waals surface area contributed by atoms with E-state index in [-0.39, 0.29) is 6.54 Å². The Morgan fingerprint density at radius 1 is 0.974 bits per heavy atom. The molecule has 6 rings (SSSR count). The second-order valence-corrected chi connectivity index (χ2v) is 9.92. The minimum Gasteiger partial charge on any atom is -0.493 e. The van der Waals surface area contributed by atoms with Crippen LogP contribution in [0.2, 0.25) is 0 Å². The molecule has 0 saturated carbocycles. The first-order valence-corrected chi connectivity index (χ1v) is 12.9. The largest absolute Gasteiger partial charge is 0.493 e. The highest BCUT2D eigenvalue weighted by molar-refractivity contribution is 9.10. The molecule has 2 aromatic heterocycles. The van der Waals surface area contributed by atoms with E-state index in [2.05, 4.69) is 21.0 Å². The van der Waals surface area contributed by atoms with Crippen molar-refractivity contribution in [3.05, 3.63) is 76.3 Å². The highest BCUT2D eigenvalue weighted by Crippen LogP contribution is 2.32. The topological polar surface area (TPSA) is 98.9 Å². The zero-order chi connectivity index (χ0) is 27.3. The zero-order valence-electron chi connectivity index (χ0n) is 21.3. The molecule has 39 heavy (non-hydrogen) atoms. The summed E-state index contributed by atoms with van der Waals surface area (Å²) in [5.41, 5.74) is 4.98. The average molecular weight is 584 g/mol. The van der Waals surface area contributed by atoms with Crippen LogP contribution in [0.25, 0.3) is 39.2 Å². The second-order valence-electron chi connectivity index (χ2n) is 9.00. The molecule has 194 valence electrons. The van der Waals surface area contributed by atoms with E-state index >= 15 is 0 Å². The first-order chi connectivity index (χ1) is 18.9. The van der Waals surface area contributed by atoms with Crippen molar-refractivity contribution in [3.63, 3.8) is 0 Å². The number of ether oxygens (including phenoxy) is 2. The summed E-state index contributed by atoms with van der Waals surface area (Å²) < 4.78 is 13.3. The number of benzene rings is 3. The van der Waals surface area contributed by atoms with E-state index in [4.69, 9.17) is 19.4 Å². The lowest BCUT2D eigenvalue weighted by Gasteiger charge is -2.12. The number of halogens is 1. The number of amides is 2. The molecule has 10 heteroatoms. The molecule has 3 heterocycles. The van der Waals surface area contributed by atoms with Crippen LogP contribution < -0.4 is 9.47 Å². The van der Waals surface area contributed by atoms with Gasteiger partial charge in [0.2, 0.25) is 0 Å². The Morgan fingerprint density at radius 2 is 1.72 bits per heavy atom. The molecule has 0 fully saturated rings. The summed E-state index contributed by atoms with van der Waals surface area (Å²) in [5, 5.41) is 6.08. The summed E-state index contributed by atoms with van der Waals surface area (Å²) in [6.45, 7) is 1.56. The third kappa shape index (κ3) is 4.22. The number of carbonyl (C=O) groups excluding carboxylic acids is 2. The predicted octanol–water partition coefficient (Wildman–Crippen LogP) is 5.35. The molecule has 0 atom stereocenters. The third-order valence-electron chi connectivity index (χ3n) is 6.62. The number of hydrogen-bond acceptors (Lipinski definition) is 7. The van der Waals surface area contributed by atoms with Crippen molar-refractivity contribution in [2.45, 2.75) is 13.5 Å². The normalized spacial score (nSPS) is 14.6. The first-order valence-electron chi connectivity index (χ1n) is 12.1. The summed E-state index contributed by atoms with van der Waals surface area (Å²) in [6.07, 6.45) is 1.69. The first kappa shape index (κ1) is 24.7. The van der Waals surface area contributed by atoms with Crippen molar-refractivity contribution in [2.24, 2.45) is 5.10 Å². The van der Waals surface area contributed by atoms with Gasteiger partial charge in [0.15, 0.2) is 17.1 Å². The summed E-state index contributed by atoms with van der Waals surface area (Å²) in [4.78, 5) is 36.5. The average Bonchev–Trinajstić information content (AvgIpc) is 3.39. The number of fused-ring (bicyclic) bond motifs is 4. The van der Waals surface area contributed by atoms with Crippen molar-refractivity contribution in [1.82, 2.24) is 19.5 Å². The molecule has 3 aromatic carbocycles. The Bertz CT molecular complexity index is 1890. The molecule has 0 aliphatic carbocycles. The number of methoxy groups -OCH3 is 2. The highest BCUT2D eigenvalue weighted by atomic mass is 79.9. The SMILES string of the molecule is COc1ccc(/C=C2/C(=O)N(C(=O)Cn3c4ccc(Br)cc4c4nc5ccccc5nc43)N=C2C)cc1OC. The van der Waals surface area contributed by atoms with Gasteiger partial charge in [-0.05, 0) is 61.0 Å². The van der Waals surface area contributed by atoms with Crippen LogP contribution in [0, 0.1) is 0 Å². The van der Waals surface area contributed by atoms with Crippen LogP contribution in [-0.2, 0) is 16.1 Å². The van der Waals surface area contributed by atoms with Gasteiger partial charge in [-0.25, -0.2) is 9.97 Å². The van der Waals surface area contributed by atoms with Gasteiger partial charge in [0.25, 0.3) is 11.8 Å². The smallest absolute Gasteiger partial charge is 0.283 e. The van der Waals surface area contributed by atoms with E-state index in [0.29, 0.717) is 39.5 Å². The van der Waals surface area contributed by atoms with E-state index in [1.165, 1.54) is 0 Å². The molecule has 0 radical (unpaired) electrons. The lowest BCUT2D eigenvalue weighted by atomic mass is 10.1. The molecule has 0 spiro atoms. The van der Waals surface area contributed by atoms with E-state index in [0.717, 1.165) is 31.5 Å². The van der Waals surface area contributed by atoms with Crippen molar-refractivity contribution in [2.75, 3.05) is 14.2 Å². The van der Waals surface area contributed by atoms with E-state index in [1.807, 2.05) is 42.5 Å². The molecular weight excluding hydrogens is 562 g/mol. The number of para-hydroxylation sites is 2. The fourth-order valence-electron chi connectivity index (χ4n) is 4.73. The number of imide groups is 1. The Kier molecular flexibility index (Phi) is 6.11. The van der Waals surface area contributed by atoms with Gasteiger partial charge < -0.3 is 14.0 Å². The Labute approximate surface area is 231 Å². The van der Waals surface area contributed by atoms with Crippen LogP contribution in [-0.4, -0.2) is 51.3 Å². The van der Waals surface area contributed by atoms with E-state index in [9.17, 15) is 9.59 Å². The van der Waals surface area contributed by atoms with Gasteiger partial charge in [-0.1, -0.05) is 34.1 Å². The summed E-state index contributed by atoms with van der Waals surface area (Å²) in [6, 6.07) is 18.7. The number of aromatic nitrogens is 3. The molecule has 0 bridgehead atoms. The van der Waals surface area contributed by atoms with Gasteiger partial charge >= 0.3 is 0 Å². The zero-order valence-corrected chi connectivity index (χ0v) is 22.9. The standard InChI is InChI=1S/C29H22BrN5O4/c1-16-19(12-17-8-11-24(38-2)25(13-17)39-3)29(37)35(33-16)26(36)15-34-23-10-9-18(30)14-20(23)27-28(34)32-22-7-5-4-6-21(22)31-27/h4-14H,15H2,1-3H3/b19-12+. The van der Waals surface area contributed by atoms with Gasteiger partial charge in [0.1, 0.15) is 12.1 Å². The Hall–Kier alpha value is -4.57. The van der Waals surface area contributed by atoms with Crippen molar-refractivity contribution >= 4 is 72.6 Å². The van der Waals surface area contributed by atoms with Crippen LogP contribution in [0.5, 0.6) is 11.5 Å². The molecule has 1 aliphatic heterocycles. The number of rotatable bonds is 5. The fraction of sp³-hybridized carbons (Fsp3) is 0.138. The van der Waals surface area contributed by atoms with Crippen molar-refractivity contribution in [1.29, 1.82) is 0 Å². The van der Waals surface area contributed by atoms with Crippen LogP contribution in [0.3, 0.4) is 0 Å². The highest BCUT2D eigenvalue weighted by Gasteiger charge is 2.33. The number of carbonyl (C=O) groups is 2. The number of hydrogen-bond donors (Lipinski definition) is 0. The molecule has 5 aromatic rings. The summed E-state index contributed by atoms with van der Waals surface area (Å²) in [5.74, 6) is 0.138. The number of nitrogens with zero attached hydrogens (tertiary/aromatic N) is 5. The van der Waals surface area contributed by atoms with Crippen molar-refractivity contribution in [3.8, 4) is 11.5 Å². The molecular formula is C29H22BrN5O4. The Morgan fingerprint density at radius 3 is 2.46 bits per heavy atom. The minimum atomic E-state index is -0.493. The molecule has 0 unspecified atom stereocenters. The predicted molar refractivity (Wildman–Crippen MR) is 153 cm³/mol. The molecule has 2 amide bonds. The van der Waals surface area contributed by atoms with E-state index < -0.39 is 11.8 Å². The van der Waals surface area contributed by atoms with Gasteiger partial charge in [-0.3, -0.25) is 9.59 Å².